The van der Waals surface area contributed by atoms with Gasteiger partial charge >= 0.3 is 0 Å². The molecule has 2 aromatic heterocycles. The van der Waals surface area contributed by atoms with Gasteiger partial charge in [0.15, 0.2) is 0 Å². The smallest absolute Gasteiger partial charge is 0.139 e. The Morgan fingerprint density at radius 3 is 3.06 bits per heavy atom. The number of fused-ring (bicyclic) bond motifs is 1. The molecule has 1 saturated carbocycles. The van der Waals surface area contributed by atoms with Crippen molar-refractivity contribution in [3.8, 4) is 0 Å². The highest BCUT2D eigenvalue weighted by atomic mass is 16.3. The highest BCUT2D eigenvalue weighted by Gasteiger charge is 2.20. The first-order chi connectivity index (χ1) is 8.84. The molecular weight excluding hydrogens is 224 g/mol. The van der Waals surface area contributed by atoms with Crippen LogP contribution in [0.25, 0.3) is 11.0 Å². The molecule has 1 aliphatic carbocycles. The molecule has 2 unspecified atom stereocenters. The van der Waals surface area contributed by atoms with Crippen LogP contribution in [-0.4, -0.2) is 11.0 Å². The second-order valence-electron chi connectivity index (χ2n) is 5.36. The third-order valence-electron chi connectivity index (χ3n) is 4.06. The molecular formula is C15H20N2O. The molecule has 0 radical (unpaired) electrons. The molecule has 3 heteroatoms. The van der Waals surface area contributed by atoms with Crippen molar-refractivity contribution < 1.29 is 4.42 Å². The Morgan fingerprint density at radius 1 is 1.22 bits per heavy atom. The Kier molecular flexibility index (Phi) is 3.22. The molecule has 3 rings (SSSR count). The normalized spacial score (nSPS) is 24.9. The Balaban J connectivity index is 1.84. The summed E-state index contributed by atoms with van der Waals surface area (Å²) in [7, 11) is 0. The van der Waals surface area contributed by atoms with Gasteiger partial charge in [-0.1, -0.05) is 26.2 Å². The van der Waals surface area contributed by atoms with Gasteiger partial charge in [0.25, 0.3) is 0 Å². The zero-order valence-electron chi connectivity index (χ0n) is 10.9. The molecule has 0 bridgehead atoms. The largest absolute Gasteiger partial charge is 0.464 e. The van der Waals surface area contributed by atoms with Crippen LogP contribution in [0.3, 0.4) is 0 Å². The maximum absolute atomic E-state index is 5.42. The molecule has 2 aromatic rings. The molecule has 3 nitrogen and oxygen atoms in total. The Labute approximate surface area is 108 Å². The number of aromatic nitrogens is 1. The standard InChI is InChI=1S/C15H20N2O/c1-11-5-3-2-4-6-13(11)17-15-12-8-10-18-14(12)7-9-16-15/h7-11,13H,2-6H2,1H3,(H,16,17). The minimum Gasteiger partial charge on any atom is -0.464 e. The number of pyridine rings is 1. The highest BCUT2D eigenvalue weighted by Crippen LogP contribution is 2.28. The third-order valence-corrected chi connectivity index (χ3v) is 4.06. The first kappa shape index (κ1) is 11.6. The first-order valence-corrected chi connectivity index (χ1v) is 6.93. The molecule has 0 amide bonds. The minimum absolute atomic E-state index is 0.542. The number of furan rings is 1. The number of rotatable bonds is 2. The summed E-state index contributed by atoms with van der Waals surface area (Å²) in [4.78, 5) is 4.47. The lowest BCUT2D eigenvalue weighted by Gasteiger charge is -2.23. The van der Waals surface area contributed by atoms with E-state index in [-0.39, 0.29) is 0 Å². The summed E-state index contributed by atoms with van der Waals surface area (Å²) in [5.41, 5.74) is 0.911. The van der Waals surface area contributed by atoms with Crippen LogP contribution in [0.5, 0.6) is 0 Å². The summed E-state index contributed by atoms with van der Waals surface area (Å²) in [5, 5.41) is 4.72. The van der Waals surface area contributed by atoms with E-state index in [0.29, 0.717) is 6.04 Å². The molecule has 1 N–H and O–H groups in total. The molecule has 0 spiro atoms. The quantitative estimate of drug-likeness (QED) is 0.804. The average molecular weight is 244 g/mol. The van der Waals surface area contributed by atoms with Crippen LogP contribution in [0.4, 0.5) is 5.82 Å². The van der Waals surface area contributed by atoms with Crippen LogP contribution in [0.1, 0.15) is 39.0 Å². The van der Waals surface area contributed by atoms with Crippen LogP contribution in [-0.2, 0) is 0 Å². The summed E-state index contributed by atoms with van der Waals surface area (Å²) in [6.07, 6.45) is 10.2. The molecule has 0 aliphatic heterocycles. The van der Waals surface area contributed by atoms with E-state index >= 15 is 0 Å². The van der Waals surface area contributed by atoms with E-state index < -0.39 is 0 Å². The number of nitrogens with one attached hydrogen (secondary N) is 1. The lowest BCUT2D eigenvalue weighted by Crippen LogP contribution is -2.26. The molecule has 0 saturated heterocycles. The van der Waals surface area contributed by atoms with Gasteiger partial charge < -0.3 is 9.73 Å². The zero-order valence-corrected chi connectivity index (χ0v) is 10.9. The highest BCUT2D eigenvalue weighted by molar-refractivity contribution is 5.87. The summed E-state index contributed by atoms with van der Waals surface area (Å²) >= 11 is 0. The maximum Gasteiger partial charge on any atom is 0.139 e. The van der Waals surface area contributed by atoms with E-state index in [0.717, 1.165) is 22.7 Å². The lowest BCUT2D eigenvalue weighted by molar-refractivity contribution is 0.456. The molecule has 2 heterocycles. The van der Waals surface area contributed by atoms with Crippen LogP contribution in [0.2, 0.25) is 0 Å². The molecule has 18 heavy (non-hydrogen) atoms. The maximum atomic E-state index is 5.42. The van der Waals surface area contributed by atoms with Crippen LogP contribution in [0, 0.1) is 5.92 Å². The lowest BCUT2D eigenvalue weighted by atomic mass is 9.97. The number of nitrogens with zero attached hydrogens (tertiary/aromatic N) is 1. The fourth-order valence-electron chi connectivity index (χ4n) is 2.89. The second kappa shape index (κ2) is 5.01. The summed E-state index contributed by atoms with van der Waals surface area (Å²) in [5.74, 6) is 1.69. The van der Waals surface area contributed by atoms with Crippen molar-refractivity contribution in [1.82, 2.24) is 4.98 Å². The molecule has 1 fully saturated rings. The van der Waals surface area contributed by atoms with Gasteiger partial charge in [-0.25, -0.2) is 4.98 Å². The summed E-state index contributed by atoms with van der Waals surface area (Å²) in [6, 6.07) is 4.45. The predicted octanol–water partition coefficient (Wildman–Crippen LogP) is 4.21. The minimum atomic E-state index is 0.542. The molecule has 1 aliphatic rings. The van der Waals surface area contributed by atoms with Crippen molar-refractivity contribution in [3.05, 3.63) is 24.6 Å². The van der Waals surface area contributed by atoms with Gasteiger partial charge in [0.2, 0.25) is 0 Å². The van der Waals surface area contributed by atoms with Gasteiger partial charge in [-0.2, -0.15) is 0 Å². The predicted molar refractivity (Wildman–Crippen MR) is 73.7 cm³/mol. The van der Waals surface area contributed by atoms with Gasteiger partial charge in [0.05, 0.1) is 11.6 Å². The Bertz CT molecular complexity index is 520. The van der Waals surface area contributed by atoms with E-state index in [4.69, 9.17) is 4.42 Å². The Hall–Kier alpha value is -1.51. The van der Waals surface area contributed by atoms with Crippen molar-refractivity contribution in [2.75, 3.05) is 5.32 Å². The van der Waals surface area contributed by atoms with E-state index in [1.165, 1.54) is 32.1 Å². The molecule has 2 atom stereocenters. The second-order valence-corrected chi connectivity index (χ2v) is 5.36. The summed E-state index contributed by atoms with van der Waals surface area (Å²) < 4.78 is 5.42. The monoisotopic (exact) mass is 244 g/mol. The Morgan fingerprint density at radius 2 is 2.11 bits per heavy atom. The first-order valence-electron chi connectivity index (χ1n) is 6.93. The molecule has 0 aromatic carbocycles. The van der Waals surface area contributed by atoms with Gasteiger partial charge in [-0.05, 0) is 30.9 Å². The van der Waals surface area contributed by atoms with Gasteiger partial charge in [-0.15, -0.1) is 0 Å². The van der Waals surface area contributed by atoms with Crippen molar-refractivity contribution in [3.63, 3.8) is 0 Å². The van der Waals surface area contributed by atoms with Gasteiger partial charge in [0, 0.05) is 12.2 Å². The van der Waals surface area contributed by atoms with Crippen LogP contribution < -0.4 is 5.32 Å². The average Bonchev–Trinajstić information content (AvgIpc) is 2.77. The van der Waals surface area contributed by atoms with Crippen molar-refractivity contribution in [1.29, 1.82) is 0 Å². The van der Waals surface area contributed by atoms with E-state index in [1.807, 2.05) is 18.3 Å². The van der Waals surface area contributed by atoms with E-state index in [9.17, 15) is 0 Å². The topological polar surface area (TPSA) is 38.1 Å². The summed E-state index contributed by atoms with van der Waals surface area (Å²) in [6.45, 7) is 2.35. The fraction of sp³-hybridized carbons (Fsp3) is 0.533. The number of anilines is 1. The fourth-order valence-corrected chi connectivity index (χ4v) is 2.89. The zero-order chi connectivity index (χ0) is 12.4. The van der Waals surface area contributed by atoms with Crippen LogP contribution >= 0.6 is 0 Å². The molecule has 96 valence electrons. The van der Waals surface area contributed by atoms with Crippen molar-refractivity contribution >= 4 is 16.8 Å². The number of hydrogen-bond donors (Lipinski definition) is 1. The van der Waals surface area contributed by atoms with Gasteiger partial charge in [0.1, 0.15) is 11.4 Å². The third kappa shape index (κ3) is 2.22. The van der Waals surface area contributed by atoms with Crippen molar-refractivity contribution in [2.45, 2.75) is 45.1 Å². The van der Waals surface area contributed by atoms with E-state index in [1.54, 1.807) is 6.26 Å². The van der Waals surface area contributed by atoms with E-state index in [2.05, 4.69) is 17.2 Å². The number of hydrogen-bond acceptors (Lipinski definition) is 3. The SMILES string of the molecule is CC1CCCCCC1Nc1nccc2occc12. The van der Waals surface area contributed by atoms with Crippen molar-refractivity contribution in [2.24, 2.45) is 5.92 Å². The van der Waals surface area contributed by atoms with Gasteiger partial charge in [-0.3, -0.25) is 0 Å². The van der Waals surface area contributed by atoms with Crippen LogP contribution in [0.15, 0.2) is 29.0 Å².